The Hall–Kier alpha value is -4.15. The number of oxazole rings is 1. The lowest BCUT2D eigenvalue weighted by Crippen LogP contribution is -2.20. The number of pyridine rings is 2. The molecule has 1 amide bonds. The maximum atomic E-state index is 12.7. The number of nitrogens with zero attached hydrogens (tertiary/aromatic N) is 4. The molecule has 0 aromatic carbocycles. The van der Waals surface area contributed by atoms with E-state index in [-0.39, 0.29) is 23.0 Å². The van der Waals surface area contributed by atoms with Gasteiger partial charge in [0.15, 0.2) is 5.52 Å². The summed E-state index contributed by atoms with van der Waals surface area (Å²) in [5.41, 5.74) is 6.20. The Labute approximate surface area is 150 Å². The zero-order valence-corrected chi connectivity index (χ0v) is 14.0. The third-order valence-corrected chi connectivity index (χ3v) is 3.76. The Balaban J connectivity index is 1.80. The zero-order valence-electron chi connectivity index (χ0n) is 14.0. The molecule has 11 nitrogen and oxygen atoms in total. The van der Waals surface area contributed by atoms with Crippen molar-refractivity contribution < 1.29 is 13.7 Å². The van der Waals surface area contributed by atoms with Gasteiger partial charge in [0, 0.05) is 19.3 Å². The van der Waals surface area contributed by atoms with Crippen molar-refractivity contribution >= 4 is 34.1 Å². The van der Waals surface area contributed by atoms with Crippen LogP contribution in [0.5, 0.6) is 0 Å². The van der Waals surface area contributed by atoms with Crippen LogP contribution in [0.2, 0.25) is 0 Å². The van der Waals surface area contributed by atoms with E-state index in [2.05, 4.69) is 25.8 Å². The lowest BCUT2D eigenvalue weighted by molar-refractivity contribution is 0.0967. The quantitative estimate of drug-likeness (QED) is 0.472. The first-order chi connectivity index (χ1) is 13.1. The van der Waals surface area contributed by atoms with Crippen LogP contribution in [-0.4, -0.2) is 32.6 Å². The van der Waals surface area contributed by atoms with Gasteiger partial charge in [-0.15, -0.1) is 0 Å². The molecule has 4 aromatic heterocycles. The summed E-state index contributed by atoms with van der Waals surface area (Å²) in [5, 5.41) is 9.66. The Morgan fingerprint density at radius 2 is 2.15 bits per heavy atom. The summed E-state index contributed by atoms with van der Waals surface area (Å²) in [6, 6.07) is 4.99. The molecule has 0 radical (unpaired) electrons. The fraction of sp³-hybridized carbons (Fsp3) is 0.0625. The van der Waals surface area contributed by atoms with Crippen molar-refractivity contribution in [2.75, 3.05) is 17.7 Å². The highest BCUT2D eigenvalue weighted by molar-refractivity contribution is 6.04. The van der Waals surface area contributed by atoms with E-state index < -0.39 is 11.5 Å². The van der Waals surface area contributed by atoms with Crippen molar-refractivity contribution in [3.05, 3.63) is 53.0 Å². The summed E-state index contributed by atoms with van der Waals surface area (Å²) in [7, 11) is 1.68. The van der Waals surface area contributed by atoms with Crippen LogP contribution >= 0.6 is 0 Å². The second kappa shape index (κ2) is 6.29. The summed E-state index contributed by atoms with van der Waals surface area (Å²) >= 11 is 0. The molecule has 11 heteroatoms. The first kappa shape index (κ1) is 16.3. The highest BCUT2D eigenvalue weighted by atomic mass is 16.5. The monoisotopic (exact) mass is 367 g/mol. The number of aromatic nitrogens is 4. The second-order valence-corrected chi connectivity index (χ2v) is 5.41. The molecule has 0 bridgehead atoms. The van der Waals surface area contributed by atoms with Gasteiger partial charge in [-0.05, 0) is 12.1 Å². The summed E-state index contributed by atoms with van der Waals surface area (Å²) in [4.78, 5) is 32.4. The molecule has 4 heterocycles. The van der Waals surface area contributed by atoms with Crippen molar-refractivity contribution in [1.29, 1.82) is 0 Å². The van der Waals surface area contributed by atoms with E-state index in [1.807, 2.05) is 0 Å². The Kier molecular flexibility index (Phi) is 3.81. The van der Waals surface area contributed by atoms with Crippen LogP contribution in [0, 0.1) is 0 Å². The second-order valence-electron chi connectivity index (χ2n) is 5.41. The van der Waals surface area contributed by atoms with Gasteiger partial charge in [-0.3, -0.25) is 9.59 Å². The highest BCUT2D eigenvalue weighted by Crippen LogP contribution is 2.27. The van der Waals surface area contributed by atoms with Crippen molar-refractivity contribution in [3.63, 3.8) is 0 Å². The number of nitrogens with one attached hydrogen (secondary N) is 2. The summed E-state index contributed by atoms with van der Waals surface area (Å²) in [5.74, 6) is -0.676. The van der Waals surface area contributed by atoms with E-state index in [4.69, 9.17) is 14.7 Å². The number of hydrogen-bond donors (Lipinski definition) is 3. The Morgan fingerprint density at radius 3 is 2.85 bits per heavy atom. The number of carbonyl (C=O) groups excluding carboxylic acids is 1. The van der Waals surface area contributed by atoms with Crippen molar-refractivity contribution in [2.24, 2.45) is 5.73 Å². The van der Waals surface area contributed by atoms with Gasteiger partial charge in [0.05, 0.1) is 11.9 Å². The summed E-state index contributed by atoms with van der Waals surface area (Å²) in [6.45, 7) is 0. The van der Waals surface area contributed by atoms with Gasteiger partial charge in [-0.1, -0.05) is 5.16 Å². The lowest BCUT2D eigenvalue weighted by Gasteiger charge is -2.09. The predicted molar refractivity (Wildman–Crippen MR) is 95.3 cm³/mol. The predicted octanol–water partition coefficient (Wildman–Crippen LogP) is 1.25. The molecule has 0 unspecified atom stereocenters. The van der Waals surface area contributed by atoms with Gasteiger partial charge < -0.3 is 25.3 Å². The van der Waals surface area contributed by atoms with Gasteiger partial charge in [-0.2, -0.15) is 0 Å². The lowest BCUT2D eigenvalue weighted by atomic mass is 10.2. The number of fused-ring (bicyclic) bond motifs is 1. The summed E-state index contributed by atoms with van der Waals surface area (Å²) < 4.78 is 11.4. The van der Waals surface area contributed by atoms with Crippen molar-refractivity contribution in [1.82, 2.24) is 19.7 Å². The van der Waals surface area contributed by atoms with Gasteiger partial charge in [0.25, 0.3) is 11.5 Å². The van der Waals surface area contributed by atoms with Crippen molar-refractivity contribution in [3.8, 4) is 6.01 Å². The van der Waals surface area contributed by atoms with Gasteiger partial charge in [-0.25, -0.2) is 14.5 Å². The Morgan fingerprint density at radius 1 is 1.30 bits per heavy atom. The minimum atomic E-state index is -0.796. The van der Waals surface area contributed by atoms with E-state index in [0.717, 1.165) is 0 Å². The van der Waals surface area contributed by atoms with Crippen LogP contribution in [0.25, 0.3) is 17.0 Å². The first-order valence-electron chi connectivity index (χ1n) is 7.75. The maximum Gasteiger partial charge on any atom is 0.308 e. The third kappa shape index (κ3) is 2.76. The minimum Gasteiger partial charge on any atom is -0.432 e. The van der Waals surface area contributed by atoms with Gasteiger partial charge in [0.1, 0.15) is 23.3 Å². The average molecular weight is 367 g/mol. The first-order valence-corrected chi connectivity index (χ1v) is 7.75. The molecule has 4 rings (SSSR count). The number of rotatable bonds is 5. The maximum absolute atomic E-state index is 12.7. The van der Waals surface area contributed by atoms with E-state index >= 15 is 0 Å². The molecule has 136 valence electrons. The number of hydrogen-bond acceptors (Lipinski definition) is 9. The van der Waals surface area contributed by atoms with Crippen LogP contribution in [-0.2, 0) is 0 Å². The molecule has 4 aromatic rings. The van der Waals surface area contributed by atoms with Gasteiger partial charge >= 0.3 is 6.01 Å². The number of carbonyl (C=O) groups is 1. The molecular formula is C16H13N7O4. The smallest absolute Gasteiger partial charge is 0.308 e. The van der Waals surface area contributed by atoms with E-state index in [1.165, 1.54) is 23.2 Å². The number of primary amides is 1. The van der Waals surface area contributed by atoms with Crippen LogP contribution in [0.4, 0.5) is 17.2 Å². The number of anilines is 3. The molecular weight excluding hydrogens is 354 g/mol. The largest absolute Gasteiger partial charge is 0.432 e. The standard InChI is InChI=1S/C16H13N7O4/c1-18-9-7-10(21-12-11(9)22-27-13(12)14(17)24)20-8-3-2-5-23(15(8)25)16-19-4-6-26-16/h2-7,18H,1H3,(H2,17,24)(H,20,21). The molecule has 0 aliphatic carbocycles. The number of nitrogens with two attached hydrogens (primary N) is 1. The van der Waals surface area contributed by atoms with Crippen LogP contribution in [0.15, 0.2) is 50.6 Å². The normalized spacial score (nSPS) is 10.9. The van der Waals surface area contributed by atoms with Crippen LogP contribution < -0.4 is 21.9 Å². The number of amides is 1. The van der Waals surface area contributed by atoms with E-state index in [9.17, 15) is 9.59 Å². The van der Waals surface area contributed by atoms with Crippen LogP contribution in [0.1, 0.15) is 10.6 Å². The van der Waals surface area contributed by atoms with E-state index in [0.29, 0.717) is 17.0 Å². The van der Waals surface area contributed by atoms with Gasteiger partial charge in [0.2, 0.25) is 5.76 Å². The Bertz CT molecular complexity index is 1190. The van der Waals surface area contributed by atoms with Crippen molar-refractivity contribution in [2.45, 2.75) is 0 Å². The average Bonchev–Trinajstić information content (AvgIpc) is 3.32. The molecule has 0 aliphatic heterocycles. The zero-order chi connectivity index (χ0) is 19.0. The molecule has 0 aliphatic rings. The highest BCUT2D eigenvalue weighted by Gasteiger charge is 2.19. The molecule has 27 heavy (non-hydrogen) atoms. The molecule has 0 spiro atoms. The molecule has 0 saturated heterocycles. The topological polar surface area (TPSA) is 154 Å². The molecule has 0 atom stereocenters. The molecule has 4 N–H and O–H groups in total. The van der Waals surface area contributed by atoms with E-state index in [1.54, 1.807) is 25.2 Å². The molecule has 0 saturated carbocycles. The minimum absolute atomic E-state index is 0.137. The fourth-order valence-corrected chi connectivity index (χ4v) is 2.55. The summed E-state index contributed by atoms with van der Waals surface area (Å²) in [6.07, 6.45) is 4.34. The SMILES string of the molecule is CNc1cc(Nc2cccn(-c3ncco3)c2=O)nc2c(C(N)=O)onc12. The van der Waals surface area contributed by atoms with Crippen LogP contribution in [0.3, 0.4) is 0 Å². The molecule has 0 fully saturated rings. The third-order valence-electron chi connectivity index (χ3n) is 3.76. The fourth-order valence-electron chi connectivity index (χ4n) is 2.55.